The van der Waals surface area contributed by atoms with Gasteiger partial charge in [-0.3, -0.25) is 14.5 Å². The highest BCUT2D eigenvalue weighted by Gasteiger charge is 2.55. The van der Waals surface area contributed by atoms with Crippen molar-refractivity contribution in [2.75, 3.05) is 19.6 Å². The zero-order valence-corrected chi connectivity index (χ0v) is 19.6. The molecule has 2 heterocycles. The quantitative estimate of drug-likeness (QED) is 0.531. The van der Waals surface area contributed by atoms with Crippen molar-refractivity contribution in [3.8, 4) is 11.8 Å². The monoisotopic (exact) mass is 449 g/mol. The lowest BCUT2D eigenvalue weighted by Gasteiger charge is -2.42. The van der Waals surface area contributed by atoms with Crippen LogP contribution < -0.4 is 5.32 Å². The Morgan fingerprint density at radius 3 is 2.42 bits per heavy atom. The van der Waals surface area contributed by atoms with Gasteiger partial charge in [0, 0.05) is 19.0 Å². The summed E-state index contributed by atoms with van der Waals surface area (Å²) in [5, 5.41) is 3.09. The summed E-state index contributed by atoms with van der Waals surface area (Å²) >= 11 is 0. The number of hydrogen-bond acceptors (Lipinski definition) is 3. The van der Waals surface area contributed by atoms with Crippen LogP contribution in [0.5, 0.6) is 0 Å². The van der Waals surface area contributed by atoms with Gasteiger partial charge in [0.15, 0.2) is 0 Å². The minimum Gasteiger partial charge on any atom is -0.342 e. The zero-order chi connectivity index (χ0) is 23.3. The highest BCUT2D eigenvalue weighted by Crippen LogP contribution is 2.38. The lowest BCUT2D eigenvalue weighted by atomic mass is 9.74. The van der Waals surface area contributed by atoms with Gasteiger partial charge in [-0.25, -0.2) is 4.79 Å². The third-order valence-electron chi connectivity index (χ3n) is 7.72. The van der Waals surface area contributed by atoms with Crippen LogP contribution in [0.2, 0.25) is 0 Å². The van der Waals surface area contributed by atoms with Crippen LogP contribution in [0.15, 0.2) is 30.3 Å². The number of carbonyl (C=O) groups is 3. The number of aryl methyl sites for hydroxylation is 1. The average molecular weight is 450 g/mol. The van der Waals surface area contributed by atoms with E-state index in [0.717, 1.165) is 44.1 Å². The van der Waals surface area contributed by atoms with Gasteiger partial charge in [-0.2, -0.15) is 0 Å². The summed E-state index contributed by atoms with van der Waals surface area (Å²) in [7, 11) is 0. The van der Waals surface area contributed by atoms with Crippen LogP contribution in [-0.4, -0.2) is 52.8 Å². The summed E-state index contributed by atoms with van der Waals surface area (Å²) in [6.45, 7) is 3.14. The van der Waals surface area contributed by atoms with E-state index in [1.54, 1.807) is 6.92 Å². The maximum Gasteiger partial charge on any atom is 0.325 e. The Balaban J connectivity index is 1.49. The molecule has 1 atom stereocenters. The van der Waals surface area contributed by atoms with Gasteiger partial charge in [0.05, 0.1) is 6.54 Å². The first-order valence-corrected chi connectivity index (χ1v) is 12.4. The molecule has 1 saturated carbocycles. The standard InChI is InChI=1S/C27H35N3O3/c1-2-3-18-30-25(32)27(28-26(30)33,17-14-21-10-6-4-7-11-21)23-15-19-29(20-16-23)24(31)22-12-8-5-9-13-22/h4,6-7,10-11,22-23H,5,8-9,12-20H2,1H3,(H,28,33)/t27-/m0/s1. The van der Waals surface area contributed by atoms with Crippen molar-refractivity contribution in [2.45, 2.75) is 70.3 Å². The molecule has 0 unspecified atom stereocenters. The van der Waals surface area contributed by atoms with Crippen molar-refractivity contribution in [3.05, 3.63) is 35.9 Å². The van der Waals surface area contributed by atoms with E-state index in [0.29, 0.717) is 25.9 Å². The molecular weight excluding hydrogens is 414 g/mol. The van der Waals surface area contributed by atoms with Gasteiger partial charge in [-0.05, 0) is 56.9 Å². The number of nitrogens with zero attached hydrogens (tertiary/aromatic N) is 2. The number of nitrogens with one attached hydrogen (secondary N) is 1. The molecule has 6 heteroatoms. The first-order valence-electron chi connectivity index (χ1n) is 12.4. The third kappa shape index (κ3) is 4.93. The second kappa shape index (κ2) is 10.4. The number of rotatable bonds is 6. The number of piperidine rings is 1. The molecule has 2 saturated heterocycles. The Bertz CT molecular complexity index is 921. The Morgan fingerprint density at radius 1 is 1.06 bits per heavy atom. The van der Waals surface area contributed by atoms with Crippen LogP contribution in [-0.2, 0) is 16.0 Å². The summed E-state index contributed by atoms with van der Waals surface area (Å²) < 4.78 is 0. The molecule has 176 valence electrons. The number of hydrogen-bond donors (Lipinski definition) is 1. The molecule has 0 aromatic heterocycles. The van der Waals surface area contributed by atoms with Crippen molar-refractivity contribution in [2.24, 2.45) is 11.8 Å². The van der Waals surface area contributed by atoms with Crippen LogP contribution in [0.4, 0.5) is 4.79 Å². The summed E-state index contributed by atoms with van der Waals surface area (Å²) in [5.41, 5.74) is 0.220. The van der Waals surface area contributed by atoms with E-state index in [2.05, 4.69) is 29.3 Å². The van der Waals surface area contributed by atoms with Crippen LogP contribution >= 0.6 is 0 Å². The minimum absolute atomic E-state index is 0.00709. The van der Waals surface area contributed by atoms with Crippen molar-refractivity contribution < 1.29 is 14.4 Å². The van der Waals surface area contributed by atoms with Gasteiger partial charge in [-0.15, -0.1) is 5.92 Å². The van der Waals surface area contributed by atoms with Gasteiger partial charge in [-0.1, -0.05) is 55.5 Å². The maximum absolute atomic E-state index is 13.6. The van der Waals surface area contributed by atoms with Crippen molar-refractivity contribution >= 4 is 17.8 Å². The molecule has 4 rings (SSSR count). The van der Waals surface area contributed by atoms with E-state index >= 15 is 0 Å². The molecule has 0 spiro atoms. The predicted molar refractivity (Wildman–Crippen MR) is 127 cm³/mol. The molecule has 1 N–H and O–H groups in total. The second-order valence-electron chi connectivity index (χ2n) is 9.64. The Kier molecular flexibility index (Phi) is 7.37. The Morgan fingerprint density at radius 2 is 1.76 bits per heavy atom. The van der Waals surface area contributed by atoms with E-state index in [4.69, 9.17) is 0 Å². The maximum atomic E-state index is 13.6. The minimum atomic E-state index is -0.928. The van der Waals surface area contributed by atoms with Crippen LogP contribution in [0.1, 0.15) is 63.9 Å². The smallest absolute Gasteiger partial charge is 0.325 e. The summed E-state index contributed by atoms with van der Waals surface area (Å²) in [6.07, 6.45) is 8.25. The molecule has 33 heavy (non-hydrogen) atoms. The zero-order valence-electron chi connectivity index (χ0n) is 19.6. The first kappa shape index (κ1) is 23.4. The fourth-order valence-electron chi connectivity index (χ4n) is 5.78. The summed E-state index contributed by atoms with van der Waals surface area (Å²) in [6, 6.07) is 9.73. The van der Waals surface area contributed by atoms with Gasteiger partial charge in [0.1, 0.15) is 5.54 Å². The fraction of sp³-hybridized carbons (Fsp3) is 0.593. The molecule has 1 aliphatic carbocycles. The van der Waals surface area contributed by atoms with Crippen molar-refractivity contribution in [1.82, 2.24) is 15.1 Å². The number of carbonyl (C=O) groups excluding carboxylic acids is 3. The average Bonchev–Trinajstić information content (AvgIpc) is 3.11. The molecule has 3 aliphatic rings. The summed E-state index contributed by atoms with van der Waals surface area (Å²) in [5.74, 6) is 5.94. The van der Waals surface area contributed by atoms with E-state index in [9.17, 15) is 14.4 Å². The molecule has 6 nitrogen and oxygen atoms in total. The molecule has 4 amide bonds. The highest BCUT2D eigenvalue weighted by molar-refractivity contribution is 6.07. The summed E-state index contributed by atoms with van der Waals surface area (Å²) in [4.78, 5) is 42.7. The van der Waals surface area contributed by atoms with Crippen molar-refractivity contribution in [3.63, 3.8) is 0 Å². The van der Waals surface area contributed by atoms with E-state index in [1.165, 1.54) is 11.3 Å². The fourth-order valence-corrected chi connectivity index (χ4v) is 5.78. The number of amides is 4. The molecule has 1 aromatic carbocycles. The van der Waals surface area contributed by atoms with Crippen LogP contribution in [0.3, 0.4) is 0 Å². The molecular formula is C27H35N3O3. The Hall–Kier alpha value is -2.81. The number of likely N-dealkylation sites (tertiary alicyclic amines) is 1. The largest absolute Gasteiger partial charge is 0.342 e. The lowest BCUT2D eigenvalue weighted by molar-refractivity contribution is -0.139. The van der Waals surface area contributed by atoms with Crippen LogP contribution in [0.25, 0.3) is 0 Å². The van der Waals surface area contributed by atoms with E-state index in [1.807, 2.05) is 23.1 Å². The number of urea groups is 1. The van der Waals surface area contributed by atoms with Gasteiger partial charge < -0.3 is 10.2 Å². The third-order valence-corrected chi connectivity index (χ3v) is 7.72. The van der Waals surface area contributed by atoms with Gasteiger partial charge in [0.2, 0.25) is 5.91 Å². The lowest BCUT2D eigenvalue weighted by Crippen LogP contribution is -2.57. The molecule has 3 fully saturated rings. The first-order chi connectivity index (χ1) is 16.0. The number of benzene rings is 1. The molecule has 0 bridgehead atoms. The highest BCUT2D eigenvalue weighted by atomic mass is 16.2. The molecule has 0 radical (unpaired) electrons. The normalized spacial score (nSPS) is 24.4. The van der Waals surface area contributed by atoms with Crippen molar-refractivity contribution in [1.29, 1.82) is 0 Å². The second-order valence-corrected chi connectivity index (χ2v) is 9.64. The molecule has 1 aromatic rings. The van der Waals surface area contributed by atoms with Gasteiger partial charge in [0.25, 0.3) is 5.91 Å². The van der Waals surface area contributed by atoms with E-state index < -0.39 is 5.54 Å². The Labute approximate surface area is 197 Å². The van der Waals surface area contributed by atoms with Gasteiger partial charge >= 0.3 is 6.03 Å². The topological polar surface area (TPSA) is 69.7 Å². The number of imide groups is 1. The predicted octanol–water partition coefficient (Wildman–Crippen LogP) is 3.75. The molecule has 2 aliphatic heterocycles. The van der Waals surface area contributed by atoms with E-state index in [-0.39, 0.29) is 36.2 Å². The van der Waals surface area contributed by atoms with Crippen LogP contribution in [0, 0.1) is 23.7 Å². The SMILES string of the molecule is CC#CCN1C(=O)N[C@@](CCc2ccccc2)(C2CCN(C(=O)C3CCCCC3)CC2)C1=O.